The van der Waals surface area contributed by atoms with Crippen molar-refractivity contribution in [2.45, 2.75) is 59.3 Å². The van der Waals surface area contributed by atoms with Crippen molar-refractivity contribution in [3.8, 4) is 0 Å². The van der Waals surface area contributed by atoms with E-state index in [1.807, 2.05) is 0 Å². The van der Waals surface area contributed by atoms with Gasteiger partial charge in [-0.25, -0.2) is 0 Å². The fourth-order valence-corrected chi connectivity index (χ4v) is 7.90. The molecule has 2 nitrogen and oxygen atoms in total. The summed E-state index contributed by atoms with van der Waals surface area (Å²) >= 11 is -2.48. The number of hydrogen-bond donors (Lipinski definition) is 0. The predicted octanol–water partition coefficient (Wildman–Crippen LogP) is 5.81. The Morgan fingerprint density at radius 1 is 0.767 bits per heavy atom. The number of rotatable bonds is 6. The SMILES string of the molecule is CC(C)c1cc(C(C)C)c([Se](=O)c2cccc3cccc(N(C)C)c23)c(C(C)C)c1. The summed E-state index contributed by atoms with van der Waals surface area (Å²) in [7, 11) is 4.11. The molecule has 3 aromatic carbocycles. The molecule has 0 aliphatic heterocycles. The van der Waals surface area contributed by atoms with Crippen LogP contribution in [0.2, 0.25) is 0 Å². The van der Waals surface area contributed by atoms with Crippen LogP contribution in [0.4, 0.5) is 5.69 Å². The van der Waals surface area contributed by atoms with E-state index >= 15 is 0 Å². The summed E-state index contributed by atoms with van der Waals surface area (Å²) in [4.78, 5) is 2.12. The quantitative estimate of drug-likeness (QED) is 0.426. The van der Waals surface area contributed by atoms with Gasteiger partial charge in [0.2, 0.25) is 0 Å². The molecule has 0 N–H and O–H groups in total. The molecular weight excluding hydrogens is 433 g/mol. The van der Waals surface area contributed by atoms with E-state index in [-0.39, 0.29) is 0 Å². The first-order valence-corrected chi connectivity index (χ1v) is 13.3. The second-order valence-corrected chi connectivity index (χ2v) is 12.2. The molecular formula is C27H35NOSe. The van der Waals surface area contributed by atoms with Gasteiger partial charge >= 0.3 is 187 Å². The van der Waals surface area contributed by atoms with Crippen molar-refractivity contribution in [3.05, 3.63) is 65.2 Å². The minimum atomic E-state index is -2.48. The van der Waals surface area contributed by atoms with Gasteiger partial charge < -0.3 is 0 Å². The van der Waals surface area contributed by atoms with E-state index in [1.54, 1.807) is 0 Å². The molecule has 1 unspecified atom stereocenters. The van der Waals surface area contributed by atoms with Gasteiger partial charge in [-0.15, -0.1) is 0 Å². The molecule has 3 heteroatoms. The van der Waals surface area contributed by atoms with E-state index in [0.29, 0.717) is 17.8 Å². The van der Waals surface area contributed by atoms with Crippen molar-refractivity contribution in [3.63, 3.8) is 0 Å². The molecule has 3 aromatic rings. The van der Waals surface area contributed by atoms with Crippen LogP contribution in [-0.4, -0.2) is 27.9 Å². The van der Waals surface area contributed by atoms with Crippen LogP contribution in [0.15, 0.2) is 48.5 Å². The summed E-state index contributed by atoms with van der Waals surface area (Å²) in [5, 5.41) is 2.28. The van der Waals surface area contributed by atoms with Crippen LogP contribution in [-0.2, 0) is 3.83 Å². The summed E-state index contributed by atoms with van der Waals surface area (Å²) in [6.07, 6.45) is 0. The monoisotopic (exact) mass is 469 g/mol. The average molecular weight is 469 g/mol. The zero-order valence-corrected chi connectivity index (χ0v) is 21.3. The standard InChI is InChI=1S/C27H35NOSe/c1-17(2)21-15-22(18(3)4)27(23(16-21)19(5)6)30(29)25-14-10-12-20-11-9-13-24(26(20)25)28(7)8/h9-19H,1-8H3. The van der Waals surface area contributed by atoms with E-state index in [4.69, 9.17) is 0 Å². The third-order valence-electron chi connectivity index (χ3n) is 5.79. The fraction of sp³-hybridized carbons (Fsp3) is 0.407. The first-order valence-electron chi connectivity index (χ1n) is 10.9. The van der Waals surface area contributed by atoms with Crippen LogP contribution in [0.3, 0.4) is 0 Å². The molecule has 0 aromatic heterocycles. The predicted molar refractivity (Wildman–Crippen MR) is 133 cm³/mol. The van der Waals surface area contributed by atoms with Crippen LogP contribution < -0.4 is 13.8 Å². The number of hydrogen-bond acceptors (Lipinski definition) is 2. The van der Waals surface area contributed by atoms with Crippen LogP contribution in [0.1, 0.15) is 76.0 Å². The molecule has 0 radical (unpaired) electrons. The molecule has 0 saturated heterocycles. The molecule has 0 heterocycles. The Balaban J connectivity index is 2.36. The van der Waals surface area contributed by atoms with Gasteiger partial charge in [0.25, 0.3) is 0 Å². The molecule has 3 rings (SSSR count). The average Bonchev–Trinajstić information content (AvgIpc) is 2.70. The Labute approximate surface area is 186 Å². The number of nitrogens with zero attached hydrogens (tertiary/aromatic N) is 1. The Hall–Kier alpha value is -1.96. The van der Waals surface area contributed by atoms with Gasteiger partial charge in [0.15, 0.2) is 0 Å². The van der Waals surface area contributed by atoms with Crippen molar-refractivity contribution in [2.75, 3.05) is 19.0 Å². The molecule has 0 fully saturated rings. The molecule has 0 aliphatic carbocycles. The van der Waals surface area contributed by atoms with E-state index in [2.05, 4.69) is 109 Å². The molecule has 160 valence electrons. The minimum absolute atomic E-state index is 0.333. The van der Waals surface area contributed by atoms with Gasteiger partial charge in [0.05, 0.1) is 0 Å². The van der Waals surface area contributed by atoms with Crippen molar-refractivity contribution >= 4 is 39.2 Å². The van der Waals surface area contributed by atoms with Gasteiger partial charge in [0, 0.05) is 0 Å². The summed E-state index contributed by atoms with van der Waals surface area (Å²) < 4.78 is 16.5. The van der Waals surface area contributed by atoms with Crippen molar-refractivity contribution in [1.29, 1.82) is 0 Å². The molecule has 0 spiro atoms. The van der Waals surface area contributed by atoms with Gasteiger partial charge in [-0.1, -0.05) is 0 Å². The number of fused-ring (bicyclic) bond motifs is 1. The number of anilines is 1. The summed E-state index contributed by atoms with van der Waals surface area (Å²) in [6.45, 7) is 13.4. The van der Waals surface area contributed by atoms with Crippen LogP contribution in [0.25, 0.3) is 10.8 Å². The van der Waals surface area contributed by atoms with Gasteiger partial charge in [0.1, 0.15) is 0 Å². The topological polar surface area (TPSA) is 20.3 Å². The zero-order chi connectivity index (χ0) is 22.2. The van der Waals surface area contributed by atoms with Crippen LogP contribution in [0, 0.1) is 0 Å². The molecule has 0 saturated carbocycles. The molecule has 30 heavy (non-hydrogen) atoms. The first kappa shape index (κ1) is 22.7. The molecule has 1 atom stereocenters. The van der Waals surface area contributed by atoms with Crippen molar-refractivity contribution in [2.24, 2.45) is 0 Å². The second-order valence-electron chi connectivity index (χ2n) is 9.29. The number of benzene rings is 3. The van der Waals surface area contributed by atoms with Crippen molar-refractivity contribution in [1.82, 2.24) is 0 Å². The Bertz CT molecular complexity index is 1050. The van der Waals surface area contributed by atoms with E-state index < -0.39 is 13.8 Å². The Morgan fingerprint density at radius 2 is 1.30 bits per heavy atom. The second kappa shape index (κ2) is 9.04. The molecule has 0 amide bonds. The van der Waals surface area contributed by atoms with E-state index in [0.717, 1.165) is 25.4 Å². The first-order chi connectivity index (χ1) is 14.1. The van der Waals surface area contributed by atoms with Gasteiger partial charge in [-0.3, -0.25) is 0 Å². The Kier molecular flexibility index (Phi) is 6.84. The normalized spacial score (nSPS) is 12.9. The Morgan fingerprint density at radius 3 is 1.77 bits per heavy atom. The van der Waals surface area contributed by atoms with Gasteiger partial charge in [-0.2, -0.15) is 0 Å². The van der Waals surface area contributed by atoms with E-state index in [1.165, 1.54) is 16.7 Å². The summed E-state index contributed by atoms with van der Waals surface area (Å²) in [5.41, 5.74) is 4.98. The van der Waals surface area contributed by atoms with Crippen LogP contribution >= 0.6 is 0 Å². The van der Waals surface area contributed by atoms with Crippen LogP contribution in [0.5, 0.6) is 0 Å². The van der Waals surface area contributed by atoms with Gasteiger partial charge in [-0.05, 0) is 0 Å². The fourth-order valence-electron chi connectivity index (χ4n) is 4.03. The molecule has 0 aliphatic rings. The third-order valence-corrected chi connectivity index (χ3v) is 9.11. The summed E-state index contributed by atoms with van der Waals surface area (Å²) in [6, 6.07) is 17.2. The third kappa shape index (κ3) is 4.24. The maximum absolute atomic E-state index is 14.4. The maximum atomic E-state index is 14.4. The van der Waals surface area contributed by atoms with E-state index in [9.17, 15) is 3.83 Å². The van der Waals surface area contributed by atoms with Crippen molar-refractivity contribution < 1.29 is 3.83 Å². The molecule has 0 bridgehead atoms. The summed E-state index contributed by atoms with van der Waals surface area (Å²) in [5.74, 6) is 1.12. The zero-order valence-electron chi connectivity index (χ0n) is 19.6.